The third-order valence-electron chi connectivity index (χ3n) is 4.31. The monoisotopic (exact) mass is 301 g/mol. The summed E-state index contributed by atoms with van der Waals surface area (Å²) in [4.78, 5) is 16.0. The Morgan fingerprint density at radius 2 is 2.14 bits per heavy atom. The zero-order chi connectivity index (χ0) is 16.3. The molecule has 1 aliphatic rings. The third-order valence-corrected chi connectivity index (χ3v) is 4.31. The topological polar surface area (TPSA) is 67.6 Å². The molecule has 22 heavy (non-hydrogen) atoms. The van der Waals surface area contributed by atoms with Gasteiger partial charge in [-0.3, -0.25) is 9.69 Å². The predicted molar refractivity (Wildman–Crippen MR) is 86.1 cm³/mol. The number of piperazine rings is 1. The van der Waals surface area contributed by atoms with Crippen molar-refractivity contribution in [3.05, 3.63) is 29.3 Å². The van der Waals surface area contributed by atoms with Crippen LogP contribution in [0.25, 0.3) is 0 Å². The maximum Gasteiger partial charge on any atom is 0.159 e. The molecule has 5 heteroatoms. The van der Waals surface area contributed by atoms with Crippen LogP contribution in [0.1, 0.15) is 36.7 Å². The highest BCUT2D eigenvalue weighted by Crippen LogP contribution is 2.28. The van der Waals surface area contributed by atoms with Crippen LogP contribution in [0, 0.1) is 11.3 Å². The lowest BCUT2D eigenvalue weighted by molar-refractivity contribution is 0.0813. The van der Waals surface area contributed by atoms with Gasteiger partial charge in [0.1, 0.15) is 6.07 Å². The number of β-amino-alcohol motifs (C(OH)–C–C–N with tert-alkyl or cyclic N) is 1. The molecular weight excluding hydrogens is 278 g/mol. The lowest BCUT2D eigenvalue weighted by atomic mass is 9.97. The lowest BCUT2D eigenvalue weighted by Crippen LogP contribution is -2.60. The van der Waals surface area contributed by atoms with Gasteiger partial charge in [-0.15, -0.1) is 0 Å². The van der Waals surface area contributed by atoms with Gasteiger partial charge in [-0.1, -0.05) is 0 Å². The molecule has 0 aromatic heterocycles. The number of aliphatic hydroxyl groups is 1. The van der Waals surface area contributed by atoms with E-state index in [2.05, 4.69) is 29.7 Å². The normalized spacial score (nSPS) is 18.0. The molecule has 1 saturated heterocycles. The second-order valence-corrected chi connectivity index (χ2v) is 6.34. The van der Waals surface area contributed by atoms with Crippen molar-refractivity contribution in [1.82, 2.24) is 4.90 Å². The number of anilines is 1. The van der Waals surface area contributed by atoms with Crippen molar-refractivity contribution >= 4 is 11.5 Å². The number of hydrogen-bond acceptors (Lipinski definition) is 5. The zero-order valence-corrected chi connectivity index (χ0v) is 13.5. The first-order chi connectivity index (χ1) is 10.4. The fraction of sp³-hybridized carbons (Fsp3) is 0.529. The van der Waals surface area contributed by atoms with Crippen LogP contribution in [0.2, 0.25) is 0 Å². The molecule has 0 radical (unpaired) electrons. The van der Waals surface area contributed by atoms with Gasteiger partial charge in [-0.25, -0.2) is 0 Å². The van der Waals surface area contributed by atoms with E-state index in [4.69, 9.17) is 0 Å². The molecule has 1 aromatic rings. The van der Waals surface area contributed by atoms with Gasteiger partial charge in [0.25, 0.3) is 0 Å². The zero-order valence-electron chi connectivity index (χ0n) is 13.5. The highest BCUT2D eigenvalue weighted by atomic mass is 16.3. The minimum atomic E-state index is -0.0973. The Kier molecular flexibility index (Phi) is 4.84. The Bertz CT molecular complexity index is 604. The molecule has 0 bridgehead atoms. The first-order valence-corrected chi connectivity index (χ1v) is 7.55. The van der Waals surface area contributed by atoms with Crippen LogP contribution in [0.3, 0.4) is 0 Å². The van der Waals surface area contributed by atoms with Crippen LogP contribution in [0.15, 0.2) is 18.2 Å². The Morgan fingerprint density at radius 1 is 1.41 bits per heavy atom. The van der Waals surface area contributed by atoms with Gasteiger partial charge in [0.2, 0.25) is 0 Å². The molecule has 1 heterocycles. The van der Waals surface area contributed by atoms with Crippen molar-refractivity contribution in [3.63, 3.8) is 0 Å². The molecule has 0 atom stereocenters. The van der Waals surface area contributed by atoms with Crippen molar-refractivity contribution in [2.24, 2.45) is 0 Å². The van der Waals surface area contributed by atoms with Crippen LogP contribution < -0.4 is 4.90 Å². The molecule has 1 fully saturated rings. The summed E-state index contributed by atoms with van der Waals surface area (Å²) in [7, 11) is 0. The van der Waals surface area contributed by atoms with E-state index in [0.717, 1.165) is 25.3 Å². The van der Waals surface area contributed by atoms with Crippen molar-refractivity contribution in [2.75, 3.05) is 37.7 Å². The summed E-state index contributed by atoms with van der Waals surface area (Å²) in [5.41, 5.74) is 1.95. The standard InChI is InChI=1S/C17H23N3O2/c1-13(22)14-4-5-15(11-18)16(10-14)19-6-7-20(8-9-21)17(2,3)12-19/h4-5,10,21H,6-9,12H2,1-3H3. The van der Waals surface area contributed by atoms with Crippen LogP contribution in [0.5, 0.6) is 0 Å². The first kappa shape index (κ1) is 16.5. The highest BCUT2D eigenvalue weighted by Gasteiger charge is 2.34. The summed E-state index contributed by atoms with van der Waals surface area (Å²) >= 11 is 0. The van der Waals surface area contributed by atoms with E-state index >= 15 is 0 Å². The van der Waals surface area contributed by atoms with E-state index < -0.39 is 0 Å². The quantitative estimate of drug-likeness (QED) is 0.857. The number of rotatable bonds is 4. The molecule has 0 aliphatic carbocycles. The smallest absolute Gasteiger partial charge is 0.159 e. The highest BCUT2D eigenvalue weighted by molar-refractivity contribution is 5.95. The van der Waals surface area contributed by atoms with Crippen LogP contribution in [-0.4, -0.2) is 54.1 Å². The molecule has 5 nitrogen and oxygen atoms in total. The fourth-order valence-corrected chi connectivity index (χ4v) is 3.04. The summed E-state index contributed by atoms with van der Waals surface area (Å²) in [5, 5.41) is 18.5. The molecular formula is C17H23N3O2. The van der Waals surface area contributed by atoms with Gasteiger partial charge < -0.3 is 10.0 Å². The van der Waals surface area contributed by atoms with Gasteiger partial charge in [0.15, 0.2) is 5.78 Å². The average Bonchev–Trinajstić information content (AvgIpc) is 2.48. The number of carbonyl (C=O) groups is 1. The fourth-order valence-electron chi connectivity index (χ4n) is 3.04. The number of aliphatic hydroxyl groups excluding tert-OH is 1. The van der Waals surface area contributed by atoms with Crippen molar-refractivity contribution in [3.8, 4) is 6.07 Å². The SMILES string of the molecule is CC(=O)c1ccc(C#N)c(N2CCN(CCO)C(C)(C)C2)c1. The summed E-state index contributed by atoms with van der Waals surface area (Å²) < 4.78 is 0. The Labute approximate surface area is 131 Å². The first-order valence-electron chi connectivity index (χ1n) is 7.55. The molecule has 0 spiro atoms. The average molecular weight is 301 g/mol. The number of nitrogens with zero attached hydrogens (tertiary/aromatic N) is 3. The van der Waals surface area contributed by atoms with E-state index in [1.54, 1.807) is 12.1 Å². The van der Waals surface area contributed by atoms with Crippen LogP contribution in [-0.2, 0) is 0 Å². The van der Waals surface area contributed by atoms with Crippen molar-refractivity contribution < 1.29 is 9.90 Å². The Balaban J connectivity index is 2.31. The van der Waals surface area contributed by atoms with E-state index in [0.29, 0.717) is 17.7 Å². The molecule has 118 valence electrons. The molecule has 0 saturated carbocycles. The molecule has 1 aliphatic heterocycles. The second-order valence-electron chi connectivity index (χ2n) is 6.34. The minimum absolute atomic E-state index is 0.00363. The molecule has 1 N–H and O–H groups in total. The van der Waals surface area contributed by atoms with E-state index in [1.165, 1.54) is 6.92 Å². The molecule has 1 aromatic carbocycles. The molecule has 0 amide bonds. The Hall–Kier alpha value is -1.90. The number of Topliss-reactive ketones (excluding diaryl/α,β-unsaturated/α-hetero) is 1. The summed E-state index contributed by atoms with van der Waals surface area (Å²) in [6.45, 7) is 8.96. The van der Waals surface area contributed by atoms with Gasteiger partial charge >= 0.3 is 0 Å². The number of ketones is 1. The van der Waals surface area contributed by atoms with Crippen molar-refractivity contribution in [1.29, 1.82) is 5.26 Å². The number of hydrogen-bond donors (Lipinski definition) is 1. The van der Waals surface area contributed by atoms with E-state index in [1.807, 2.05) is 6.07 Å². The summed E-state index contributed by atoms with van der Waals surface area (Å²) in [5.74, 6) is 0.00363. The van der Waals surface area contributed by atoms with Gasteiger partial charge in [-0.05, 0) is 39.0 Å². The van der Waals surface area contributed by atoms with E-state index in [9.17, 15) is 15.2 Å². The number of nitriles is 1. The second kappa shape index (κ2) is 6.47. The largest absolute Gasteiger partial charge is 0.395 e. The van der Waals surface area contributed by atoms with Gasteiger partial charge in [0.05, 0.1) is 17.9 Å². The number of carbonyl (C=O) groups excluding carboxylic acids is 1. The van der Waals surface area contributed by atoms with Crippen molar-refractivity contribution in [2.45, 2.75) is 26.3 Å². The Morgan fingerprint density at radius 3 is 2.68 bits per heavy atom. The van der Waals surface area contributed by atoms with Crippen LogP contribution in [0.4, 0.5) is 5.69 Å². The van der Waals surface area contributed by atoms with E-state index in [-0.39, 0.29) is 17.9 Å². The van der Waals surface area contributed by atoms with Crippen LogP contribution >= 0.6 is 0 Å². The molecule has 0 unspecified atom stereocenters. The maximum atomic E-state index is 11.6. The third kappa shape index (κ3) is 3.29. The summed E-state index contributed by atoms with van der Waals surface area (Å²) in [6.07, 6.45) is 0. The van der Waals surface area contributed by atoms with Gasteiger partial charge in [-0.2, -0.15) is 5.26 Å². The lowest BCUT2D eigenvalue weighted by Gasteiger charge is -2.48. The molecule has 2 rings (SSSR count). The maximum absolute atomic E-state index is 11.6. The number of benzene rings is 1. The van der Waals surface area contributed by atoms with Gasteiger partial charge in [0, 0.05) is 37.3 Å². The summed E-state index contributed by atoms with van der Waals surface area (Å²) in [6, 6.07) is 7.46. The minimum Gasteiger partial charge on any atom is -0.395 e. The predicted octanol–water partition coefficient (Wildman–Crippen LogP) is 1.65.